The maximum absolute atomic E-state index is 6.25. The molecular weight excluding hydrogens is 290 g/mol. The van der Waals surface area contributed by atoms with Crippen LogP contribution in [0.2, 0.25) is 5.02 Å². The summed E-state index contributed by atoms with van der Waals surface area (Å²) in [5.74, 6) is 1.40. The van der Waals surface area contributed by atoms with Gasteiger partial charge < -0.3 is 19.5 Å². The molecule has 3 rings (SSSR count). The Labute approximate surface area is 128 Å². The van der Waals surface area contributed by atoms with Crippen LogP contribution in [0.5, 0.6) is 11.5 Å². The third-order valence-electron chi connectivity index (χ3n) is 3.35. The Balaban J connectivity index is 1.76. The van der Waals surface area contributed by atoms with Crippen molar-refractivity contribution in [2.45, 2.75) is 13.2 Å². The number of hydrogen-bond donors (Lipinski definition) is 1. The van der Waals surface area contributed by atoms with E-state index in [9.17, 15) is 0 Å². The van der Waals surface area contributed by atoms with Crippen molar-refractivity contribution in [3.05, 3.63) is 52.5 Å². The number of methoxy groups -OCH3 is 1. The first-order chi connectivity index (χ1) is 10.3. The van der Waals surface area contributed by atoms with Gasteiger partial charge in [0.15, 0.2) is 11.5 Å². The van der Waals surface area contributed by atoms with Gasteiger partial charge in [0.2, 0.25) is 6.79 Å². The van der Waals surface area contributed by atoms with E-state index in [0.29, 0.717) is 29.7 Å². The highest BCUT2D eigenvalue weighted by Crippen LogP contribution is 2.39. The molecule has 4 nitrogen and oxygen atoms in total. The lowest BCUT2D eigenvalue weighted by Crippen LogP contribution is -2.04. The predicted octanol–water partition coefficient (Wildman–Crippen LogP) is 3.83. The minimum Gasteiger partial charge on any atom is -0.454 e. The molecule has 2 aromatic carbocycles. The minimum absolute atomic E-state index is 0.242. The summed E-state index contributed by atoms with van der Waals surface area (Å²) in [6, 6.07) is 11.8. The van der Waals surface area contributed by atoms with E-state index >= 15 is 0 Å². The monoisotopic (exact) mass is 305 g/mol. The summed E-state index contributed by atoms with van der Waals surface area (Å²) < 4.78 is 15.9. The molecule has 0 fully saturated rings. The Bertz CT molecular complexity index is 645. The second kappa shape index (κ2) is 6.24. The van der Waals surface area contributed by atoms with Crippen molar-refractivity contribution in [3.63, 3.8) is 0 Å². The zero-order valence-electron chi connectivity index (χ0n) is 11.7. The molecule has 1 aliphatic rings. The summed E-state index contributed by atoms with van der Waals surface area (Å²) in [4.78, 5) is 0. The number of rotatable bonds is 5. The van der Waals surface area contributed by atoms with Gasteiger partial charge in [-0.3, -0.25) is 0 Å². The van der Waals surface area contributed by atoms with Crippen LogP contribution < -0.4 is 14.8 Å². The summed E-state index contributed by atoms with van der Waals surface area (Å²) >= 11 is 6.25. The second-order valence-corrected chi connectivity index (χ2v) is 5.15. The van der Waals surface area contributed by atoms with Gasteiger partial charge in [0.05, 0.1) is 17.3 Å². The highest BCUT2D eigenvalue weighted by atomic mass is 35.5. The Hall–Kier alpha value is -1.91. The van der Waals surface area contributed by atoms with E-state index < -0.39 is 0 Å². The van der Waals surface area contributed by atoms with Crippen molar-refractivity contribution >= 4 is 17.3 Å². The molecule has 0 atom stereocenters. The van der Waals surface area contributed by atoms with Gasteiger partial charge in [0, 0.05) is 25.8 Å². The lowest BCUT2D eigenvalue weighted by Gasteiger charge is -2.12. The van der Waals surface area contributed by atoms with Gasteiger partial charge in [-0.05, 0) is 11.1 Å². The van der Waals surface area contributed by atoms with Gasteiger partial charge >= 0.3 is 0 Å². The first kappa shape index (κ1) is 14.0. The smallest absolute Gasteiger partial charge is 0.231 e. The predicted molar refractivity (Wildman–Crippen MR) is 82.1 cm³/mol. The van der Waals surface area contributed by atoms with E-state index in [4.69, 9.17) is 25.8 Å². The van der Waals surface area contributed by atoms with Crippen molar-refractivity contribution in [2.24, 2.45) is 0 Å². The fourth-order valence-electron chi connectivity index (χ4n) is 2.27. The minimum atomic E-state index is 0.242. The number of nitrogens with one attached hydrogen (secondary N) is 1. The average molecular weight is 306 g/mol. The lowest BCUT2D eigenvalue weighted by atomic mass is 10.1. The van der Waals surface area contributed by atoms with Gasteiger partial charge in [0.25, 0.3) is 0 Å². The van der Waals surface area contributed by atoms with Crippen molar-refractivity contribution < 1.29 is 14.2 Å². The fraction of sp³-hybridized carbons (Fsp3) is 0.250. The van der Waals surface area contributed by atoms with Gasteiger partial charge in [-0.2, -0.15) is 0 Å². The number of halogens is 1. The Morgan fingerprint density at radius 3 is 2.62 bits per heavy atom. The molecule has 21 heavy (non-hydrogen) atoms. The summed E-state index contributed by atoms with van der Waals surface area (Å²) in [7, 11) is 1.69. The maximum atomic E-state index is 6.25. The molecule has 0 saturated carbocycles. The van der Waals surface area contributed by atoms with Crippen LogP contribution >= 0.6 is 11.6 Å². The van der Waals surface area contributed by atoms with Gasteiger partial charge in [-0.25, -0.2) is 0 Å². The van der Waals surface area contributed by atoms with E-state index in [0.717, 1.165) is 11.3 Å². The number of benzene rings is 2. The largest absolute Gasteiger partial charge is 0.454 e. The molecule has 1 N–H and O–H groups in total. The number of hydrogen-bond acceptors (Lipinski definition) is 4. The van der Waals surface area contributed by atoms with Crippen molar-refractivity contribution in [1.29, 1.82) is 0 Å². The molecular formula is C16H16ClNO3. The quantitative estimate of drug-likeness (QED) is 0.911. The summed E-state index contributed by atoms with van der Waals surface area (Å²) in [6.07, 6.45) is 0. The molecule has 0 radical (unpaired) electrons. The first-order valence-electron chi connectivity index (χ1n) is 6.66. The maximum Gasteiger partial charge on any atom is 0.231 e. The standard InChI is InChI=1S/C16H16ClNO3/c1-19-9-12-5-3-2-4-11(12)8-18-14-7-16-15(6-13(14)17)20-10-21-16/h2-7,18H,8-10H2,1H3. The highest BCUT2D eigenvalue weighted by molar-refractivity contribution is 6.33. The Kier molecular flexibility index (Phi) is 4.18. The molecule has 0 unspecified atom stereocenters. The molecule has 2 aromatic rings. The molecule has 0 amide bonds. The third kappa shape index (κ3) is 3.06. The van der Waals surface area contributed by atoms with Crippen LogP contribution in [0.1, 0.15) is 11.1 Å². The highest BCUT2D eigenvalue weighted by Gasteiger charge is 2.16. The lowest BCUT2D eigenvalue weighted by molar-refractivity contribution is 0.174. The van der Waals surface area contributed by atoms with Crippen molar-refractivity contribution in [2.75, 3.05) is 19.2 Å². The first-order valence-corrected chi connectivity index (χ1v) is 7.04. The van der Waals surface area contributed by atoms with E-state index in [1.54, 1.807) is 13.2 Å². The van der Waals surface area contributed by atoms with Crippen LogP contribution in [-0.4, -0.2) is 13.9 Å². The number of fused-ring (bicyclic) bond motifs is 1. The van der Waals surface area contributed by atoms with Gasteiger partial charge in [-0.1, -0.05) is 35.9 Å². The Morgan fingerprint density at radius 2 is 1.86 bits per heavy atom. The zero-order valence-corrected chi connectivity index (χ0v) is 12.4. The SMILES string of the molecule is COCc1ccccc1CNc1cc2c(cc1Cl)OCO2. The fourth-order valence-corrected chi connectivity index (χ4v) is 2.49. The summed E-state index contributed by atoms with van der Waals surface area (Å²) in [5, 5.41) is 3.95. The molecule has 0 bridgehead atoms. The number of anilines is 1. The average Bonchev–Trinajstić information content (AvgIpc) is 2.93. The molecule has 0 aromatic heterocycles. The van der Waals surface area contributed by atoms with Gasteiger partial charge in [-0.15, -0.1) is 0 Å². The van der Waals surface area contributed by atoms with Crippen LogP contribution in [0, 0.1) is 0 Å². The van der Waals surface area contributed by atoms with Crippen molar-refractivity contribution in [3.8, 4) is 11.5 Å². The number of ether oxygens (including phenoxy) is 3. The zero-order chi connectivity index (χ0) is 14.7. The Morgan fingerprint density at radius 1 is 1.14 bits per heavy atom. The third-order valence-corrected chi connectivity index (χ3v) is 3.66. The molecule has 0 spiro atoms. The van der Waals surface area contributed by atoms with E-state index in [-0.39, 0.29) is 6.79 Å². The van der Waals surface area contributed by atoms with E-state index in [2.05, 4.69) is 17.4 Å². The van der Waals surface area contributed by atoms with Crippen LogP contribution in [0.15, 0.2) is 36.4 Å². The molecule has 0 aliphatic carbocycles. The second-order valence-electron chi connectivity index (χ2n) is 4.74. The van der Waals surface area contributed by atoms with Crippen molar-refractivity contribution in [1.82, 2.24) is 0 Å². The molecule has 1 heterocycles. The normalized spacial score (nSPS) is 12.5. The van der Waals surface area contributed by atoms with E-state index in [1.165, 1.54) is 5.56 Å². The topological polar surface area (TPSA) is 39.7 Å². The van der Waals surface area contributed by atoms with Gasteiger partial charge in [0.1, 0.15) is 0 Å². The van der Waals surface area contributed by atoms with Crippen LogP contribution in [-0.2, 0) is 17.9 Å². The van der Waals surface area contributed by atoms with Crippen LogP contribution in [0.4, 0.5) is 5.69 Å². The van der Waals surface area contributed by atoms with Crippen LogP contribution in [0.25, 0.3) is 0 Å². The van der Waals surface area contributed by atoms with Crippen LogP contribution in [0.3, 0.4) is 0 Å². The summed E-state index contributed by atoms with van der Waals surface area (Å²) in [6.45, 7) is 1.50. The molecule has 110 valence electrons. The van der Waals surface area contributed by atoms with E-state index in [1.807, 2.05) is 18.2 Å². The summed E-state index contributed by atoms with van der Waals surface area (Å²) in [5.41, 5.74) is 3.16. The molecule has 1 aliphatic heterocycles. The molecule has 5 heteroatoms. The molecule has 0 saturated heterocycles.